The fourth-order valence-electron chi connectivity index (χ4n) is 4.60. The third kappa shape index (κ3) is 7.22. The molecule has 0 aliphatic heterocycles. The molecular formula is C24H37N5O4SSi. The number of fused-ring (bicyclic) bond motifs is 1. The summed E-state index contributed by atoms with van der Waals surface area (Å²) in [5.41, 5.74) is 2.74. The summed E-state index contributed by atoms with van der Waals surface area (Å²) >= 11 is 0. The average molecular weight is 520 g/mol. The van der Waals surface area contributed by atoms with Crippen LogP contribution in [0.3, 0.4) is 0 Å². The Bertz CT molecular complexity index is 1230. The summed E-state index contributed by atoms with van der Waals surface area (Å²) in [7, 11) is -4.47. The Hall–Kier alpha value is -2.08. The van der Waals surface area contributed by atoms with Gasteiger partial charge < -0.3 is 9.30 Å². The third-order valence-electron chi connectivity index (χ3n) is 6.67. The van der Waals surface area contributed by atoms with E-state index in [1.165, 1.54) is 0 Å². The van der Waals surface area contributed by atoms with Crippen LogP contribution >= 0.6 is 0 Å². The first-order valence-corrected chi connectivity index (χ1v) is 17.9. The molecule has 3 aromatic heterocycles. The van der Waals surface area contributed by atoms with Crippen molar-refractivity contribution in [2.75, 3.05) is 19.5 Å². The highest BCUT2D eigenvalue weighted by Crippen LogP contribution is 2.35. The zero-order chi connectivity index (χ0) is 25.1. The van der Waals surface area contributed by atoms with Gasteiger partial charge in [0.15, 0.2) is 0 Å². The minimum atomic E-state index is -3.36. The summed E-state index contributed by atoms with van der Waals surface area (Å²) in [6.45, 7) is 8.58. The number of nitrogens with zero attached hydrogens (tertiary/aromatic N) is 5. The second-order valence-electron chi connectivity index (χ2n) is 10.8. The molecule has 3 heterocycles. The lowest BCUT2D eigenvalue weighted by Gasteiger charge is -2.28. The molecule has 1 saturated carbocycles. The lowest BCUT2D eigenvalue weighted by atomic mass is 9.84. The van der Waals surface area contributed by atoms with Crippen LogP contribution in [0.1, 0.15) is 38.1 Å². The van der Waals surface area contributed by atoms with Gasteiger partial charge in [0.1, 0.15) is 18.7 Å². The predicted molar refractivity (Wildman–Crippen MR) is 139 cm³/mol. The maximum absolute atomic E-state index is 11.2. The van der Waals surface area contributed by atoms with Crippen LogP contribution < -0.4 is 0 Å². The second-order valence-corrected chi connectivity index (χ2v) is 18.1. The molecule has 4 rings (SSSR count). The van der Waals surface area contributed by atoms with Crippen molar-refractivity contribution in [3.8, 4) is 11.3 Å². The van der Waals surface area contributed by atoms with Crippen LogP contribution in [0.15, 0.2) is 31.0 Å². The van der Waals surface area contributed by atoms with Crippen molar-refractivity contribution in [1.82, 2.24) is 24.3 Å². The maximum Gasteiger partial charge on any atom is 0.264 e. The largest absolute Gasteiger partial charge is 0.361 e. The molecule has 9 nitrogen and oxygen atoms in total. The third-order valence-corrected chi connectivity index (χ3v) is 8.97. The first-order valence-electron chi connectivity index (χ1n) is 12.4. The van der Waals surface area contributed by atoms with Crippen molar-refractivity contribution in [1.29, 1.82) is 0 Å². The van der Waals surface area contributed by atoms with E-state index in [2.05, 4.69) is 45.6 Å². The van der Waals surface area contributed by atoms with Gasteiger partial charge in [0.25, 0.3) is 10.1 Å². The summed E-state index contributed by atoms with van der Waals surface area (Å²) in [6, 6.07) is 3.54. The summed E-state index contributed by atoms with van der Waals surface area (Å²) in [5.74, 6) is 0.497. The van der Waals surface area contributed by atoms with Crippen molar-refractivity contribution < 1.29 is 17.3 Å². The Morgan fingerprint density at radius 3 is 2.60 bits per heavy atom. The molecule has 0 atom stereocenters. The highest BCUT2D eigenvalue weighted by molar-refractivity contribution is 7.85. The van der Waals surface area contributed by atoms with E-state index in [-0.39, 0.29) is 6.61 Å². The van der Waals surface area contributed by atoms with Crippen LogP contribution in [0.5, 0.6) is 0 Å². The van der Waals surface area contributed by atoms with Gasteiger partial charge in [-0.1, -0.05) is 19.6 Å². The van der Waals surface area contributed by atoms with Crippen molar-refractivity contribution >= 4 is 29.2 Å². The van der Waals surface area contributed by atoms with Crippen LogP contribution in [-0.2, 0) is 25.8 Å². The first-order chi connectivity index (χ1) is 16.6. The highest BCUT2D eigenvalue weighted by Gasteiger charge is 2.24. The van der Waals surface area contributed by atoms with Crippen LogP contribution in [0.25, 0.3) is 22.3 Å². The summed E-state index contributed by atoms with van der Waals surface area (Å²) < 4.78 is 37.2. The fourth-order valence-corrected chi connectivity index (χ4v) is 5.76. The van der Waals surface area contributed by atoms with Gasteiger partial charge >= 0.3 is 0 Å². The predicted octanol–water partition coefficient (Wildman–Crippen LogP) is 4.70. The number of rotatable bonds is 11. The smallest absolute Gasteiger partial charge is 0.264 e. The molecule has 192 valence electrons. The molecule has 1 fully saturated rings. The number of hydrogen-bond donors (Lipinski definition) is 0. The molecule has 0 saturated heterocycles. The SMILES string of the molecule is C[Si](C)(C)CCOCn1ccc2c(-c3cnn(C4CCC(CCOS(C)(=O)=O)CC4)c3)ncnc21. The van der Waals surface area contributed by atoms with E-state index in [4.69, 9.17) is 8.92 Å². The monoisotopic (exact) mass is 519 g/mol. The Morgan fingerprint density at radius 2 is 1.89 bits per heavy atom. The average Bonchev–Trinajstić information content (AvgIpc) is 3.43. The van der Waals surface area contributed by atoms with Gasteiger partial charge in [0.2, 0.25) is 0 Å². The van der Waals surface area contributed by atoms with Crippen molar-refractivity contribution in [2.45, 2.75) is 70.6 Å². The van der Waals surface area contributed by atoms with Crippen LogP contribution in [0.2, 0.25) is 25.7 Å². The molecule has 0 spiro atoms. The quantitative estimate of drug-likeness (QED) is 0.205. The molecule has 11 heteroatoms. The van der Waals surface area contributed by atoms with Crippen LogP contribution in [-0.4, -0.2) is 60.3 Å². The number of ether oxygens (including phenoxy) is 1. The number of hydrogen-bond acceptors (Lipinski definition) is 7. The zero-order valence-corrected chi connectivity index (χ0v) is 23.0. The van der Waals surface area contributed by atoms with Crippen molar-refractivity contribution in [3.63, 3.8) is 0 Å². The molecule has 0 radical (unpaired) electrons. The topological polar surface area (TPSA) is 101 Å². The zero-order valence-electron chi connectivity index (χ0n) is 21.2. The molecule has 0 bridgehead atoms. The molecule has 1 aliphatic carbocycles. The Labute approximate surface area is 209 Å². The van der Waals surface area contributed by atoms with E-state index in [0.717, 1.165) is 73.3 Å². The van der Waals surface area contributed by atoms with E-state index in [1.807, 2.05) is 23.0 Å². The van der Waals surface area contributed by atoms with Gasteiger partial charge in [-0.3, -0.25) is 8.86 Å². The van der Waals surface area contributed by atoms with Gasteiger partial charge in [0.05, 0.1) is 30.8 Å². The van der Waals surface area contributed by atoms with Crippen LogP contribution in [0, 0.1) is 5.92 Å². The van der Waals surface area contributed by atoms with Crippen molar-refractivity contribution in [2.24, 2.45) is 5.92 Å². The lowest BCUT2D eigenvalue weighted by molar-refractivity contribution is 0.0899. The maximum atomic E-state index is 11.2. The molecule has 3 aromatic rings. The minimum Gasteiger partial charge on any atom is -0.361 e. The Balaban J connectivity index is 1.37. The molecule has 0 N–H and O–H groups in total. The Morgan fingerprint density at radius 1 is 1.11 bits per heavy atom. The molecule has 0 aromatic carbocycles. The van der Waals surface area contributed by atoms with Crippen molar-refractivity contribution in [3.05, 3.63) is 31.0 Å². The van der Waals surface area contributed by atoms with Gasteiger partial charge in [-0.05, 0) is 50.1 Å². The molecule has 35 heavy (non-hydrogen) atoms. The van der Waals surface area contributed by atoms with E-state index >= 15 is 0 Å². The summed E-state index contributed by atoms with van der Waals surface area (Å²) in [6.07, 6.45) is 13.6. The first kappa shape index (κ1) is 26.0. The standard InChI is InChI=1S/C24H37N5O4SSi/c1-34(30,31)33-12-10-19-5-7-21(8-6-19)29-16-20(15-27-29)23-22-9-11-28(24(22)26-17-25-23)18-32-13-14-35(2,3)4/h9,11,15-17,19,21H,5-8,10,12-14,18H2,1-4H3. The van der Waals surface area contributed by atoms with E-state index in [1.54, 1.807) is 6.33 Å². The summed E-state index contributed by atoms with van der Waals surface area (Å²) in [5, 5.41) is 5.65. The van der Waals surface area contributed by atoms with E-state index < -0.39 is 18.2 Å². The fraction of sp³-hybridized carbons (Fsp3) is 0.625. The Kier molecular flexibility index (Phi) is 8.09. The highest BCUT2D eigenvalue weighted by atomic mass is 32.2. The van der Waals surface area contributed by atoms with E-state index in [0.29, 0.717) is 18.7 Å². The minimum absolute atomic E-state index is 0.271. The second kappa shape index (κ2) is 10.9. The summed E-state index contributed by atoms with van der Waals surface area (Å²) in [4.78, 5) is 9.07. The van der Waals surface area contributed by atoms with Gasteiger partial charge in [-0.15, -0.1) is 0 Å². The van der Waals surface area contributed by atoms with Gasteiger partial charge in [-0.2, -0.15) is 13.5 Å². The van der Waals surface area contributed by atoms with Crippen LogP contribution in [0.4, 0.5) is 0 Å². The van der Waals surface area contributed by atoms with Gasteiger partial charge in [-0.25, -0.2) is 9.97 Å². The molecule has 0 amide bonds. The van der Waals surface area contributed by atoms with E-state index in [9.17, 15) is 8.42 Å². The number of aromatic nitrogens is 5. The normalized spacial score (nSPS) is 19.4. The van der Waals surface area contributed by atoms with Gasteiger partial charge in [0, 0.05) is 38.0 Å². The molecular weight excluding hydrogens is 482 g/mol. The molecule has 1 aliphatic rings. The molecule has 0 unspecified atom stereocenters. The lowest BCUT2D eigenvalue weighted by Crippen LogP contribution is -2.22.